The second kappa shape index (κ2) is 7.43. The average Bonchev–Trinajstić information content (AvgIpc) is 3.10. The standard InChI is InChI=1S/C17H17F4N3O2/c18-13-3-1-11(2-4-13)15-22-16(26-23-15)12-6-9-24(10-7-12)14(25)5-8-17(19,20)21/h1-4,12H,5-10H2. The first-order chi connectivity index (χ1) is 12.3. The minimum Gasteiger partial charge on any atom is -0.343 e. The fourth-order valence-electron chi connectivity index (χ4n) is 2.90. The number of halogens is 4. The fourth-order valence-corrected chi connectivity index (χ4v) is 2.90. The van der Waals surface area contributed by atoms with Crippen LogP contribution in [0.3, 0.4) is 0 Å². The summed E-state index contributed by atoms with van der Waals surface area (Å²) in [6, 6.07) is 5.70. The van der Waals surface area contributed by atoms with Crippen LogP contribution in [0.4, 0.5) is 17.6 Å². The maximum atomic E-state index is 13.0. The minimum atomic E-state index is -4.32. The molecule has 5 nitrogen and oxygen atoms in total. The zero-order chi connectivity index (χ0) is 18.7. The lowest BCUT2D eigenvalue weighted by Crippen LogP contribution is -2.38. The van der Waals surface area contributed by atoms with Crippen LogP contribution < -0.4 is 0 Å². The number of amides is 1. The van der Waals surface area contributed by atoms with Gasteiger partial charge in [-0.05, 0) is 37.1 Å². The first kappa shape index (κ1) is 18.3. The fraction of sp³-hybridized carbons (Fsp3) is 0.471. The number of likely N-dealkylation sites (tertiary alicyclic amines) is 1. The molecule has 0 spiro atoms. The summed E-state index contributed by atoms with van der Waals surface area (Å²) in [6.07, 6.45) is -4.86. The third-order valence-electron chi connectivity index (χ3n) is 4.36. The van der Waals surface area contributed by atoms with Gasteiger partial charge in [0.05, 0.1) is 6.42 Å². The highest BCUT2D eigenvalue weighted by molar-refractivity contribution is 5.76. The van der Waals surface area contributed by atoms with Crippen molar-refractivity contribution in [2.75, 3.05) is 13.1 Å². The van der Waals surface area contributed by atoms with Crippen molar-refractivity contribution in [3.63, 3.8) is 0 Å². The summed E-state index contributed by atoms with van der Waals surface area (Å²) in [5.41, 5.74) is 0.626. The third-order valence-corrected chi connectivity index (χ3v) is 4.36. The Balaban J connectivity index is 1.55. The molecule has 2 aromatic rings. The first-order valence-corrected chi connectivity index (χ1v) is 8.26. The van der Waals surface area contributed by atoms with Gasteiger partial charge >= 0.3 is 6.18 Å². The second-order valence-corrected chi connectivity index (χ2v) is 6.23. The smallest absolute Gasteiger partial charge is 0.343 e. The molecule has 0 aliphatic carbocycles. The van der Waals surface area contributed by atoms with E-state index in [4.69, 9.17) is 4.52 Å². The summed E-state index contributed by atoms with van der Waals surface area (Å²) in [4.78, 5) is 17.6. The van der Waals surface area contributed by atoms with E-state index in [1.165, 1.54) is 17.0 Å². The van der Waals surface area contributed by atoms with Crippen molar-refractivity contribution in [1.29, 1.82) is 0 Å². The number of hydrogen-bond donors (Lipinski definition) is 0. The lowest BCUT2D eigenvalue weighted by molar-refractivity contribution is -0.149. The Morgan fingerprint density at radius 3 is 2.46 bits per heavy atom. The van der Waals surface area contributed by atoms with Crippen molar-refractivity contribution in [2.45, 2.75) is 37.8 Å². The van der Waals surface area contributed by atoms with Crippen LogP contribution >= 0.6 is 0 Å². The van der Waals surface area contributed by atoms with Crippen molar-refractivity contribution >= 4 is 5.91 Å². The topological polar surface area (TPSA) is 59.2 Å². The van der Waals surface area contributed by atoms with Gasteiger partial charge in [-0.25, -0.2) is 4.39 Å². The van der Waals surface area contributed by atoms with Gasteiger partial charge in [0.1, 0.15) is 5.82 Å². The summed E-state index contributed by atoms with van der Waals surface area (Å²) < 4.78 is 54.9. The summed E-state index contributed by atoms with van der Waals surface area (Å²) in [6.45, 7) is 0.714. The molecular formula is C17H17F4N3O2. The van der Waals surface area contributed by atoms with Gasteiger partial charge in [-0.15, -0.1) is 0 Å². The van der Waals surface area contributed by atoms with Crippen LogP contribution in [0.1, 0.15) is 37.5 Å². The second-order valence-electron chi connectivity index (χ2n) is 6.23. The highest BCUT2D eigenvalue weighted by Gasteiger charge is 2.31. The van der Waals surface area contributed by atoms with E-state index in [0.29, 0.717) is 43.2 Å². The Morgan fingerprint density at radius 2 is 1.85 bits per heavy atom. The van der Waals surface area contributed by atoms with Gasteiger partial charge in [0.25, 0.3) is 0 Å². The number of carbonyl (C=O) groups excluding carboxylic acids is 1. The number of aromatic nitrogens is 2. The van der Waals surface area contributed by atoms with Gasteiger partial charge < -0.3 is 9.42 Å². The highest BCUT2D eigenvalue weighted by Crippen LogP contribution is 2.29. The lowest BCUT2D eigenvalue weighted by Gasteiger charge is -2.30. The van der Waals surface area contributed by atoms with Crippen molar-refractivity contribution in [1.82, 2.24) is 15.0 Å². The van der Waals surface area contributed by atoms with Gasteiger partial charge in [-0.1, -0.05) is 5.16 Å². The van der Waals surface area contributed by atoms with E-state index in [9.17, 15) is 22.4 Å². The molecule has 0 N–H and O–H groups in total. The van der Waals surface area contributed by atoms with Crippen LogP contribution in [0, 0.1) is 5.82 Å². The van der Waals surface area contributed by atoms with Gasteiger partial charge in [0, 0.05) is 31.0 Å². The van der Waals surface area contributed by atoms with E-state index < -0.39 is 24.9 Å². The van der Waals surface area contributed by atoms with Crippen molar-refractivity contribution < 1.29 is 26.9 Å². The molecule has 0 bridgehead atoms. The number of alkyl halides is 3. The molecule has 1 fully saturated rings. The van der Waals surface area contributed by atoms with E-state index in [2.05, 4.69) is 10.1 Å². The summed E-state index contributed by atoms with van der Waals surface area (Å²) >= 11 is 0. The van der Waals surface area contributed by atoms with Crippen LogP contribution in [0.25, 0.3) is 11.4 Å². The van der Waals surface area contributed by atoms with Crippen LogP contribution in [0.15, 0.2) is 28.8 Å². The molecule has 1 aromatic heterocycles. The molecule has 1 amide bonds. The predicted molar refractivity (Wildman–Crippen MR) is 83.5 cm³/mol. The number of nitrogens with zero attached hydrogens (tertiary/aromatic N) is 3. The van der Waals surface area contributed by atoms with Gasteiger partial charge in [-0.3, -0.25) is 4.79 Å². The molecule has 140 valence electrons. The maximum absolute atomic E-state index is 13.0. The summed E-state index contributed by atoms with van der Waals surface area (Å²) in [5.74, 6) is -0.128. The van der Waals surface area contributed by atoms with E-state index >= 15 is 0 Å². The molecule has 0 atom stereocenters. The molecule has 1 aliphatic rings. The van der Waals surface area contributed by atoms with E-state index in [1.807, 2.05) is 0 Å². The lowest BCUT2D eigenvalue weighted by atomic mass is 9.96. The molecule has 2 heterocycles. The highest BCUT2D eigenvalue weighted by atomic mass is 19.4. The van der Waals surface area contributed by atoms with Crippen LogP contribution in [0.2, 0.25) is 0 Å². The molecule has 0 saturated carbocycles. The Labute approximate surface area is 147 Å². The number of rotatable bonds is 4. The molecule has 0 unspecified atom stereocenters. The molecule has 1 saturated heterocycles. The first-order valence-electron chi connectivity index (χ1n) is 8.26. The van der Waals surface area contributed by atoms with Gasteiger partial charge in [0.2, 0.25) is 17.6 Å². The summed E-state index contributed by atoms with van der Waals surface area (Å²) in [7, 11) is 0. The van der Waals surface area contributed by atoms with E-state index in [-0.39, 0.29) is 11.7 Å². The summed E-state index contributed by atoms with van der Waals surface area (Å²) in [5, 5.41) is 3.89. The normalized spacial score (nSPS) is 16.1. The number of piperidine rings is 1. The van der Waals surface area contributed by atoms with Gasteiger partial charge in [-0.2, -0.15) is 18.2 Å². The Kier molecular flexibility index (Phi) is 5.24. The van der Waals surface area contributed by atoms with Crippen LogP contribution in [-0.2, 0) is 4.79 Å². The maximum Gasteiger partial charge on any atom is 0.389 e. The van der Waals surface area contributed by atoms with Crippen LogP contribution in [0.5, 0.6) is 0 Å². The third kappa shape index (κ3) is 4.59. The molecule has 0 radical (unpaired) electrons. The Hall–Kier alpha value is -2.45. The Bertz CT molecular complexity index is 750. The number of benzene rings is 1. The minimum absolute atomic E-state index is 0.0524. The zero-order valence-electron chi connectivity index (χ0n) is 13.8. The largest absolute Gasteiger partial charge is 0.389 e. The van der Waals surface area contributed by atoms with Crippen molar-refractivity contribution in [3.8, 4) is 11.4 Å². The monoisotopic (exact) mass is 371 g/mol. The SMILES string of the molecule is O=C(CCC(F)(F)F)N1CCC(c2nc(-c3ccc(F)cc3)no2)CC1. The molecular weight excluding hydrogens is 354 g/mol. The molecule has 26 heavy (non-hydrogen) atoms. The van der Waals surface area contributed by atoms with E-state index in [1.54, 1.807) is 12.1 Å². The van der Waals surface area contributed by atoms with Crippen molar-refractivity contribution in [3.05, 3.63) is 36.0 Å². The quantitative estimate of drug-likeness (QED) is 0.765. The zero-order valence-corrected chi connectivity index (χ0v) is 13.8. The average molecular weight is 371 g/mol. The molecule has 3 rings (SSSR count). The molecule has 9 heteroatoms. The molecule has 1 aromatic carbocycles. The number of carbonyl (C=O) groups is 1. The van der Waals surface area contributed by atoms with Crippen molar-refractivity contribution in [2.24, 2.45) is 0 Å². The molecule has 1 aliphatic heterocycles. The van der Waals surface area contributed by atoms with Crippen LogP contribution in [-0.4, -0.2) is 40.2 Å². The Morgan fingerprint density at radius 1 is 1.19 bits per heavy atom. The predicted octanol–water partition coefficient (Wildman–Crippen LogP) is 3.92. The van der Waals surface area contributed by atoms with E-state index in [0.717, 1.165) is 0 Å². The van der Waals surface area contributed by atoms with Gasteiger partial charge in [0.15, 0.2) is 0 Å². The number of hydrogen-bond acceptors (Lipinski definition) is 4.